The first-order chi connectivity index (χ1) is 10.2. The van der Waals surface area contributed by atoms with Crippen LogP contribution in [-0.4, -0.2) is 31.0 Å². The lowest BCUT2D eigenvalue weighted by atomic mass is 10.2. The number of rotatable bonds is 5. The number of hydrogen-bond donors (Lipinski definition) is 0. The Kier molecular flexibility index (Phi) is 4.31. The predicted octanol–water partition coefficient (Wildman–Crippen LogP) is 2.92. The second-order valence-corrected chi connectivity index (χ2v) is 5.66. The SMILES string of the molecule is ClCCc1cn(Cc2nc(-c3cccc(Br)c3)no2)nn1. The summed E-state index contributed by atoms with van der Waals surface area (Å²) in [4.78, 5) is 4.36. The molecule has 108 valence electrons. The zero-order valence-electron chi connectivity index (χ0n) is 10.9. The van der Waals surface area contributed by atoms with Crippen LogP contribution < -0.4 is 0 Å². The summed E-state index contributed by atoms with van der Waals surface area (Å²) in [5, 5.41) is 12.0. The van der Waals surface area contributed by atoms with Crippen molar-refractivity contribution >= 4 is 27.5 Å². The van der Waals surface area contributed by atoms with Crippen molar-refractivity contribution in [3.63, 3.8) is 0 Å². The Bertz CT molecular complexity index is 742. The Balaban J connectivity index is 1.75. The largest absolute Gasteiger partial charge is 0.337 e. The van der Waals surface area contributed by atoms with Crippen molar-refractivity contribution < 1.29 is 4.52 Å². The summed E-state index contributed by atoms with van der Waals surface area (Å²) in [6.07, 6.45) is 2.51. The van der Waals surface area contributed by atoms with E-state index >= 15 is 0 Å². The minimum atomic E-state index is 0.385. The number of benzene rings is 1. The van der Waals surface area contributed by atoms with Crippen LogP contribution in [0.3, 0.4) is 0 Å². The summed E-state index contributed by atoms with van der Waals surface area (Å²) >= 11 is 9.09. The van der Waals surface area contributed by atoms with E-state index in [1.165, 1.54) is 0 Å². The first kappa shape index (κ1) is 14.2. The van der Waals surface area contributed by atoms with E-state index in [0.29, 0.717) is 30.6 Å². The van der Waals surface area contributed by atoms with Crippen LogP contribution in [0.4, 0.5) is 0 Å². The van der Waals surface area contributed by atoms with Crippen molar-refractivity contribution in [3.05, 3.63) is 46.5 Å². The van der Waals surface area contributed by atoms with Gasteiger partial charge in [-0.15, -0.1) is 16.7 Å². The summed E-state index contributed by atoms with van der Waals surface area (Å²) in [6, 6.07) is 7.72. The van der Waals surface area contributed by atoms with Gasteiger partial charge in [-0.1, -0.05) is 38.4 Å². The van der Waals surface area contributed by atoms with E-state index in [-0.39, 0.29) is 0 Å². The van der Waals surface area contributed by atoms with Crippen molar-refractivity contribution in [1.82, 2.24) is 25.1 Å². The fraction of sp³-hybridized carbons (Fsp3) is 0.231. The van der Waals surface area contributed by atoms with Gasteiger partial charge in [-0.3, -0.25) is 0 Å². The standard InChI is InChI=1S/C13H11BrClN5O/c14-10-3-1-2-9(6-10)13-16-12(21-18-13)8-20-7-11(4-5-15)17-19-20/h1-3,6-7H,4-5,8H2. The van der Waals surface area contributed by atoms with E-state index in [9.17, 15) is 0 Å². The molecule has 3 rings (SSSR count). The average Bonchev–Trinajstić information content (AvgIpc) is 3.10. The number of halogens is 2. The highest BCUT2D eigenvalue weighted by atomic mass is 79.9. The summed E-state index contributed by atoms with van der Waals surface area (Å²) in [5.41, 5.74) is 1.73. The Labute approximate surface area is 134 Å². The minimum absolute atomic E-state index is 0.385. The molecule has 0 aliphatic carbocycles. The predicted molar refractivity (Wildman–Crippen MR) is 81.0 cm³/mol. The number of hydrogen-bond acceptors (Lipinski definition) is 5. The van der Waals surface area contributed by atoms with Crippen LogP contribution in [-0.2, 0) is 13.0 Å². The molecule has 3 aromatic rings. The van der Waals surface area contributed by atoms with Crippen molar-refractivity contribution in [2.45, 2.75) is 13.0 Å². The number of aryl methyl sites for hydroxylation is 1. The van der Waals surface area contributed by atoms with Gasteiger partial charge >= 0.3 is 0 Å². The molecule has 1 aromatic carbocycles. The van der Waals surface area contributed by atoms with E-state index < -0.39 is 0 Å². The summed E-state index contributed by atoms with van der Waals surface area (Å²) in [6.45, 7) is 0.385. The smallest absolute Gasteiger partial charge is 0.248 e. The first-order valence-electron chi connectivity index (χ1n) is 6.28. The molecule has 6 nitrogen and oxygen atoms in total. The lowest BCUT2D eigenvalue weighted by Crippen LogP contribution is -2.00. The molecule has 0 unspecified atom stereocenters. The van der Waals surface area contributed by atoms with Crippen molar-refractivity contribution in [2.24, 2.45) is 0 Å². The van der Waals surface area contributed by atoms with Crippen molar-refractivity contribution in [1.29, 1.82) is 0 Å². The molecular formula is C13H11BrClN5O. The van der Waals surface area contributed by atoms with Crippen LogP contribution in [0.5, 0.6) is 0 Å². The molecule has 0 bridgehead atoms. The average molecular weight is 369 g/mol. The Morgan fingerprint density at radius 2 is 2.24 bits per heavy atom. The summed E-state index contributed by atoms with van der Waals surface area (Å²) in [7, 11) is 0. The molecular weight excluding hydrogens is 358 g/mol. The van der Waals surface area contributed by atoms with E-state index in [4.69, 9.17) is 16.1 Å². The van der Waals surface area contributed by atoms with Crippen molar-refractivity contribution in [2.75, 3.05) is 5.88 Å². The van der Waals surface area contributed by atoms with Crippen LogP contribution in [0.1, 0.15) is 11.6 Å². The van der Waals surface area contributed by atoms with Gasteiger partial charge in [-0.25, -0.2) is 4.68 Å². The second-order valence-electron chi connectivity index (χ2n) is 4.37. The van der Waals surface area contributed by atoms with Crippen LogP contribution in [0.15, 0.2) is 39.5 Å². The van der Waals surface area contributed by atoms with Gasteiger partial charge in [0, 0.05) is 28.5 Å². The third kappa shape index (κ3) is 3.48. The molecule has 0 amide bonds. The molecule has 2 heterocycles. The maximum atomic E-state index is 5.67. The molecule has 21 heavy (non-hydrogen) atoms. The van der Waals surface area contributed by atoms with Gasteiger partial charge in [0.1, 0.15) is 6.54 Å². The van der Waals surface area contributed by atoms with Gasteiger partial charge in [-0.05, 0) is 12.1 Å². The molecule has 8 heteroatoms. The van der Waals surface area contributed by atoms with Crippen LogP contribution >= 0.6 is 27.5 Å². The van der Waals surface area contributed by atoms with Gasteiger partial charge < -0.3 is 4.52 Å². The highest BCUT2D eigenvalue weighted by molar-refractivity contribution is 9.10. The maximum absolute atomic E-state index is 5.67. The molecule has 0 atom stereocenters. The lowest BCUT2D eigenvalue weighted by molar-refractivity contribution is 0.364. The Morgan fingerprint density at radius 3 is 3.05 bits per heavy atom. The lowest BCUT2D eigenvalue weighted by Gasteiger charge is -1.94. The minimum Gasteiger partial charge on any atom is -0.337 e. The molecule has 0 N–H and O–H groups in total. The zero-order chi connectivity index (χ0) is 14.7. The van der Waals surface area contributed by atoms with Crippen LogP contribution in [0, 0.1) is 0 Å². The Hall–Kier alpha value is -1.73. The molecule has 0 radical (unpaired) electrons. The third-order valence-corrected chi connectivity index (χ3v) is 3.47. The molecule has 2 aromatic heterocycles. The fourth-order valence-electron chi connectivity index (χ4n) is 1.83. The first-order valence-corrected chi connectivity index (χ1v) is 7.61. The molecule has 0 saturated heterocycles. The van der Waals surface area contributed by atoms with Gasteiger partial charge in [0.2, 0.25) is 11.7 Å². The number of aromatic nitrogens is 5. The molecule has 0 aliphatic rings. The van der Waals surface area contributed by atoms with Crippen LogP contribution in [0.25, 0.3) is 11.4 Å². The Morgan fingerprint density at radius 1 is 1.33 bits per heavy atom. The van der Waals surface area contributed by atoms with E-state index in [2.05, 4.69) is 36.4 Å². The maximum Gasteiger partial charge on any atom is 0.248 e. The van der Waals surface area contributed by atoms with E-state index in [1.54, 1.807) is 4.68 Å². The molecule has 0 fully saturated rings. The molecule has 0 aliphatic heterocycles. The van der Waals surface area contributed by atoms with E-state index in [1.807, 2.05) is 30.5 Å². The van der Waals surface area contributed by atoms with Crippen LogP contribution in [0.2, 0.25) is 0 Å². The third-order valence-electron chi connectivity index (χ3n) is 2.78. The molecule has 0 spiro atoms. The van der Waals surface area contributed by atoms with Gasteiger partial charge in [0.05, 0.1) is 5.69 Å². The van der Waals surface area contributed by atoms with Gasteiger partial charge in [0.15, 0.2) is 0 Å². The summed E-state index contributed by atoms with van der Waals surface area (Å²) < 4.78 is 7.86. The highest BCUT2D eigenvalue weighted by Crippen LogP contribution is 2.20. The number of alkyl halides is 1. The van der Waals surface area contributed by atoms with E-state index in [0.717, 1.165) is 15.7 Å². The quantitative estimate of drug-likeness (QED) is 0.648. The van der Waals surface area contributed by atoms with Gasteiger partial charge in [0.25, 0.3) is 0 Å². The highest BCUT2D eigenvalue weighted by Gasteiger charge is 2.10. The number of nitrogens with zero attached hydrogens (tertiary/aromatic N) is 5. The van der Waals surface area contributed by atoms with Gasteiger partial charge in [-0.2, -0.15) is 4.98 Å². The van der Waals surface area contributed by atoms with Crippen molar-refractivity contribution in [3.8, 4) is 11.4 Å². The second kappa shape index (κ2) is 6.36. The monoisotopic (exact) mass is 367 g/mol. The molecule has 0 saturated carbocycles. The normalized spacial score (nSPS) is 11.0. The topological polar surface area (TPSA) is 69.6 Å². The zero-order valence-corrected chi connectivity index (χ0v) is 13.3. The fourth-order valence-corrected chi connectivity index (χ4v) is 2.42. The summed E-state index contributed by atoms with van der Waals surface area (Å²) in [5.74, 6) is 1.55.